The van der Waals surface area contributed by atoms with Crippen molar-refractivity contribution in [3.8, 4) is 0 Å². The van der Waals surface area contributed by atoms with Gasteiger partial charge in [0, 0.05) is 0 Å². The van der Waals surface area contributed by atoms with Crippen molar-refractivity contribution in [3.63, 3.8) is 0 Å². The summed E-state index contributed by atoms with van der Waals surface area (Å²) in [5.41, 5.74) is -0.182. The Hall–Kier alpha value is -1.40. The largest absolute Gasteiger partial charge is 0.515 e. The minimum absolute atomic E-state index is 0.182. The van der Waals surface area contributed by atoms with Gasteiger partial charge in [-0.2, -0.15) is 0 Å². The lowest BCUT2D eigenvalue weighted by molar-refractivity contribution is -0.164. The number of hydrogen-bond donors (Lipinski definition) is 3. The van der Waals surface area contributed by atoms with Gasteiger partial charge in [-0.3, -0.25) is 0 Å². The van der Waals surface area contributed by atoms with Crippen molar-refractivity contribution in [3.05, 3.63) is 11.8 Å². The maximum Gasteiger partial charge on any atom is 0.345 e. The lowest BCUT2D eigenvalue weighted by Gasteiger charge is -2.05. The van der Waals surface area contributed by atoms with Crippen molar-refractivity contribution in [1.29, 1.82) is 0 Å². The molecule has 0 radical (unpaired) electrons. The number of aliphatic hydroxyl groups excluding tert-OH is 3. The number of ether oxygens (including phenoxy) is 1. The third-order valence-corrected chi connectivity index (χ3v) is 1.15. The molecule has 0 amide bonds. The number of rotatable bonds is 3. The fourth-order valence-electron chi connectivity index (χ4n) is 0.367. The van der Waals surface area contributed by atoms with Gasteiger partial charge in [0.15, 0.2) is 6.10 Å². The van der Waals surface area contributed by atoms with Gasteiger partial charge in [0.05, 0.1) is 18.4 Å². The number of carbonyl (C=O) groups is 2. The van der Waals surface area contributed by atoms with E-state index >= 15 is 0 Å². The quantitative estimate of drug-likeness (QED) is 0.225. The van der Waals surface area contributed by atoms with Crippen LogP contribution in [0.2, 0.25) is 0 Å². The molecule has 0 rings (SSSR count). The summed E-state index contributed by atoms with van der Waals surface area (Å²) >= 11 is 0. The zero-order valence-corrected chi connectivity index (χ0v) is 6.93. The zero-order chi connectivity index (χ0) is 10.4. The zero-order valence-electron chi connectivity index (χ0n) is 6.93. The van der Waals surface area contributed by atoms with E-state index in [1.165, 1.54) is 6.92 Å². The molecule has 0 spiro atoms. The molecule has 0 aliphatic heterocycles. The van der Waals surface area contributed by atoms with E-state index in [2.05, 4.69) is 4.74 Å². The SMILES string of the molecule is C/C(=C\O)C(=O)OC(=O)C(O)CO. The van der Waals surface area contributed by atoms with E-state index in [9.17, 15) is 9.59 Å². The molecule has 0 aromatic rings. The number of esters is 2. The van der Waals surface area contributed by atoms with Crippen molar-refractivity contribution in [2.24, 2.45) is 0 Å². The topological polar surface area (TPSA) is 104 Å². The fourth-order valence-corrected chi connectivity index (χ4v) is 0.367. The van der Waals surface area contributed by atoms with Crippen molar-refractivity contribution < 1.29 is 29.6 Å². The number of carbonyl (C=O) groups excluding carboxylic acids is 2. The molecule has 6 heteroatoms. The average Bonchev–Trinajstić information content (AvgIpc) is 2.14. The highest BCUT2D eigenvalue weighted by Gasteiger charge is 2.19. The minimum Gasteiger partial charge on any atom is -0.515 e. The van der Waals surface area contributed by atoms with Crippen LogP contribution in [0, 0.1) is 0 Å². The molecule has 0 heterocycles. The Labute approximate surface area is 74.1 Å². The molecular formula is C7H10O6. The predicted octanol–water partition coefficient (Wildman–Crippen LogP) is -1.13. The predicted molar refractivity (Wildman–Crippen MR) is 40.6 cm³/mol. The van der Waals surface area contributed by atoms with Gasteiger partial charge in [-0.05, 0) is 6.92 Å². The molecule has 74 valence electrons. The van der Waals surface area contributed by atoms with Gasteiger partial charge in [-0.1, -0.05) is 0 Å². The van der Waals surface area contributed by atoms with Gasteiger partial charge >= 0.3 is 11.9 Å². The second kappa shape index (κ2) is 5.28. The van der Waals surface area contributed by atoms with Crippen molar-refractivity contribution in [1.82, 2.24) is 0 Å². The summed E-state index contributed by atoms with van der Waals surface area (Å²) in [5, 5.41) is 25.3. The summed E-state index contributed by atoms with van der Waals surface area (Å²) in [5.74, 6) is -2.33. The first-order valence-electron chi connectivity index (χ1n) is 3.38. The third-order valence-electron chi connectivity index (χ3n) is 1.15. The second-order valence-corrected chi connectivity index (χ2v) is 2.22. The Kier molecular flexibility index (Phi) is 4.71. The Morgan fingerprint density at radius 2 is 2.08 bits per heavy atom. The molecule has 3 N–H and O–H groups in total. The highest BCUT2D eigenvalue weighted by molar-refractivity contribution is 5.96. The Bertz CT molecular complexity index is 231. The molecule has 0 aliphatic carbocycles. The molecule has 0 saturated heterocycles. The molecule has 0 aromatic heterocycles. The summed E-state index contributed by atoms with van der Waals surface area (Å²) in [6.07, 6.45) is -1.27. The van der Waals surface area contributed by atoms with Crippen molar-refractivity contribution >= 4 is 11.9 Å². The summed E-state index contributed by atoms with van der Waals surface area (Å²) in [7, 11) is 0. The first-order valence-corrected chi connectivity index (χ1v) is 3.38. The molecule has 13 heavy (non-hydrogen) atoms. The Morgan fingerprint density at radius 3 is 2.46 bits per heavy atom. The molecule has 1 atom stereocenters. The van der Waals surface area contributed by atoms with E-state index in [0.29, 0.717) is 6.26 Å². The van der Waals surface area contributed by atoms with Gasteiger partial charge < -0.3 is 20.1 Å². The van der Waals surface area contributed by atoms with E-state index < -0.39 is 24.6 Å². The van der Waals surface area contributed by atoms with Crippen LogP contribution in [0.15, 0.2) is 11.8 Å². The molecule has 0 bridgehead atoms. The van der Waals surface area contributed by atoms with Crippen LogP contribution in [0.5, 0.6) is 0 Å². The van der Waals surface area contributed by atoms with Crippen LogP contribution in [-0.4, -0.2) is 40.0 Å². The lowest BCUT2D eigenvalue weighted by Crippen LogP contribution is -2.29. The van der Waals surface area contributed by atoms with E-state index in [0.717, 1.165) is 0 Å². The molecular weight excluding hydrogens is 180 g/mol. The highest BCUT2D eigenvalue weighted by atomic mass is 16.6. The smallest absolute Gasteiger partial charge is 0.345 e. The van der Waals surface area contributed by atoms with Crippen LogP contribution in [0.4, 0.5) is 0 Å². The first kappa shape index (κ1) is 11.6. The minimum atomic E-state index is -1.74. The average molecular weight is 190 g/mol. The molecule has 0 aliphatic rings. The lowest BCUT2D eigenvalue weighted by atomic mass is 10.3. The molecule has 0 fully saturated rings. The summed E-state index contributed by atoms with van der Waals surface area (Å²) in [4.78, 5) is 21.4. The Morgan fingerprint density at radius 1 is 1.54 bits per heavy atom. The highest BCUT2D eigenvalue weighted by Crippen LogP contribution is 1.97. The van der Waals surface area contributed by atoms with Crippen LogP contribution >= 0.6 is 0 Å². The molecule has 6 nitrogen and oxygen atoms in total. The van der Waals surface area contributed by atoms with Crippen LogP contribution in [0.3, 0.4) is 0 Å². The first-order chi connectivity index (χ1) is 6.02. The van der Waals surface area contributed by atoms with E-state index in [1.807, 2.05) is 0 Å². The molecule has 0 saturated carbocycles. The number of aliphatic hydroxyl groups is 3. The summed E-state index contributed by atoms with van der Waals surface area (Å²) < 4.78 is 4.04. The van der Waals surface area contributed by atoms with Gasteiger partial charge in [0.2, 0.25) is 0 Å². The maximum atomic E-state index is 10.7. The van der Waals surface area contributed by atoms with E-state index in [4.69, 9.17) is 15.3 Å². The van der Waals surface area contributed by atoms with E-state index in [1.54, 1.807) is 0 Å². The normalized spacial score (nSPS) is 13.6. The van der Waals surface area contributed by atoms with E-state index in [-0.39, 0.29) is 5.57 Å². The van der Waals surface area contributed by atoms with Crippen molar-refractivity contribution in [2.45, 2.75) is 13.0 Å². The van der Waals surface area contributed by atoms with Crippen LogP contribution < -0.4 is 0 Å². The van der Waals surface area contributed by atoms with Gasteiger partial charge in [-0.25, -0.2) is 9.59 Å². The van der Waals surface area contributed by atoms with Crippen LogP contribution in [-0.2, 0) is 14.3 Å². The van der Waals surface area contributed by atoms with Crippen LogP contribution in [0.1, 0.15) is 6.92 Å². The standard InChI is InChI=1S/C7H10O6/c1-4(2-8)6(11)13-7(12)5(10)3-9/h2,5,8-10H,3H2,1H3/b4-2+. The van der Waals surface area contributed by atoms with Gasteiger partial charge in [0.25, 0.3) is 0 Å². The fraction of sp³-hybridized carbons (Fsp3) is 0.429. The monoisotopic (exact) mass is 190 g/mol. The third kappa shape index (κ3) is 3.68. The van der Waals surface area contributed by atoms with Crippen molar-refractivity contribution in [2.75, 3.05) is 6.61 Å². The number of hydrogen-bond acceptors (Lipinski definition) is 6. The second-order valence-electron chi connectivity index (χ2n) is 2.22. The van der Waals surface area contributed by atoms with Crippen LogP contribution in [0.25, 0.3) is 0 Å². The summed E-state index contributed by atoms with van der Waals surface area (Å²) in [6, 6.07) is 0. The van der Waals surface area contributed by atoms with Gasteiger partial charge in [-0.15, -0.1) is 0 Å². The molecule has 1 unspecified atom stereocenters. The summed E-state index contributed by atoms with van der Waals surface area (Å²) in [6.45, 7) is 0.398. The Balaban J connectivity index is 4.15. The maximum absolute atomic E-state index is 10.7. The van der Waals surface area contributed by atoms with Gasteiger partial charge in [0.1, 0.15) is 0 Å². The molecule has 0 aromatic carbocycles.